The fraction of sp³-hybridized carbons (Fsp3) is 0.500. The summed E-state index contributed by atoms with van der Waals surface area (Å²) in [5.41, 5.74) is 0. The van der Waals surface area contributed by atoms with Gasteiger partial charge in [0.2, 0.25) is 0 Å². The van der Waals surface area contributed by atoms with Crippen LogP contribution in [0.15, 0.2) is 0 Å². The second-order valence-electron chi connectivity index (χ2n) is 1.31. The first-order chi connectivity index (χ1) is 4.63. The Kier molecular flexibility index (Phi) is 3.20. The highest BCUT2D eigenvalue weighted by Gasteiger charge is 2.17. The van der Waals surface area contributed by atoms with Gasteiger partial charge in [-0.2, -0.15) is 0 Å². The molecule has 0 aliphatic rings. The number of amides is 2. The van der Waals surface area contributed by atoms with Gasteiger partial charge in [-0.1, -0.05) is 0 Å². The minimum atomic E-state index is -0.966. The van der Waals surface area contributed by atoms with Crippen LogP contribution in [0.4, 0.5) is 9.59 Å². The van der Waals surface area contributed by atoms with Crippen LogP contribution in [0.25, 0.3) is 0 Å². The van der Waals surface area contributed by atoms with Crippen molar-refractivity contribution in [2.45, 2.75) is 0 Å². The van der Waals surface area contributed by atoms with Gasteiger partial charge in [0.25, 0.3) is 0 Å². The van der Waals surface area contributed by atoms with Crippen molar-refractivity contribution in [2.24, 2.45) is 5.84 Å². The van der Waals surface area contributed by atoms with Crippen molar-refractivity contribution in [3.05, 3.63) is 0 Å². The van der Waals surface area contributed by atoms with Crippen LogP contribution in [-0.4, -0.2) is 31.4 Å². The molecule has 0 aromatic carbocycles. The minimum Gasteiger partial charge on any atom is -0.451 e. The molecule has 2 N–H and O–H groups in total. The summed E-state index contributed by atoms with van der Waals surface area (Å²) in [4.78, 5) is 20.8. The SMILES string of the molecule is COC(=O)N(N)C(=O)OC. The van der Waals surface area contributed by atoms with Crippen molar-refractivity contribution in [1.29, 1.82) is 0 Å². The fourth-order valence-electron chi connectivity index (χ4n) is 0.271. The van der Waals surface area contributed by atoms with Crippen molar-refractivity contribution < 1.29 is 19.1 Å². The summed E-state index contributed by atoms with van der Waals surface area (Å²) in [7, 11) is 2.20. The molecule has 0 atom stereocenters. The highest BCUT2D eigenvalue weighted by atomic mass is 16.6. The number of nitrogens with two attached hydrogens (primary N) is 1. The molecule has 0 radical (unpaired) electrons. The molecule has 0 fully saturated rings. The lowest BCUT2D eigenvalue weighted by Gasteiger charge is -2.09. The molecule has 0 rings (SSSR count). The van der Waals surface area contributed by atoms with E-state index in [4.69, 9.17) is 5.84 Å². The van der Waals surface area contributed by atoms with Gasteiger partial charge in [0.15, 0.2) is 0 Å². The summed E-state index contributed by atoms with van der Waals surface area (Å²) < 4.78 is 8.19. The first-order valence-electron chi connectivity index (χ1n) is 2.34. The number of imide groups is 1. The summed E-state index contributed by atoms with van der Waals surface area (Å²) in [6.07, 6.45) is -1.93. The Morgan fingerprint density at radius 1 is 1.20 bits per heavy atom. The van der Waals surface area contributed by atoms with E-state index in [9.17, 15) is 9.59 Å². The van der Waals surface area contributed by atoms with E-state index in [0.29, 0.717) is 0 Å². The molecule has 0 bridgehead atoms. The van der Waals surface area contributed by atoms with Gasteiger partial charge < -0.3 is 9.47 Å². The van der Waals surface area contributed by atoms with E-state index in [1.165, 1.54) is 0 Å². The Morgan fingerprint density at radius 3 is 1.70 bits per heavy atom. The first kappa shape index (κ1) is 8.70. The van der Waals surface area contributed by atoms with Gasteiger partial charge in [0, 0.05) is 0 Å². The molecule has 58 valence electrons. The third kappa shape index (κ3) is 1.90. The highest BCUT2D eigenvalue weighted by molar-refractivity contribution is 5.86. The maximum atomic E-state index is 10.4. The van der Waals surface area contributed by atoms with E-state index >= 15 is 0 Å². The van der Waals surface area contributed by atoms with Crippen LogP contribution >= 0.6 is 0 Å². The van der Waals surface area contributed by atoms with E-state index in [1.54, 1.807) is 0 Å². The van der Waals surface area contributed by atoms with Crippen LogP contribution in [0.3, 0.4) is 0 Å². The molecular formula is C4H8N2O4. The summed E-state index contributed by atoms with van der Waals surface area (Å²) >= 11 is 0. The van der Waals surface area contributed by atoms with Crippen molar-refractivity contribution in [3.8, 4) is 0 Å². The quantitative estimate of drug-likeness (QED) is 0.289. The van der Waals surface area contributed by atoms with Crippen LogP contribution in [0, 0.1) is 0 Å². The molecule has 6 heteroatoms. The van der Waals surface area contributed by atoms with Crippen molar-refractivity contribution in [3.63, 3.8) is 0 Å². The number of methoxy groups -OCH3 is 2. The Morgan fingerprint density at radius 2 is 1.50 bits per heavy atom. The number of carbonyl (C=O) groups is 2. The smallest absolute Gasteiger partial charge is 0.433 e. The third-order valence-electron chi connectivity index (χ3n) is 0.743. The van der Waals surface area contributed by atoms with Crippen LogP contribution < -0.4 is 5.84 Å². The molecule has 0 aliphatic heterocycles. The second kappa shape index (κ2) is 3.67. The topological polar surface area (TPSA) is 81.9 Å². The van der Waals surface area contributed by atoms with E-state index < -0.39 is 12.2 Å². The monoisotopic (exact) mass is 148 g/mol. The van der Waals surface area contributed by atoms with Gasteiger partial charge in [-0.3, -0.25) is 0 Å². The average molecular weight is 148 g/mol. The fourth-order valence-corrected chi connectivity index (χ4v) is 0.271. The lowest BCUT2D eigenvalue weighted by Crippen LogP contribution is -2.42. The number of hydrogen-bond acceptors (Lipinski definition) is 5. The molecule has 0 heterocycles. The Bertz CT molecular complexity index is 130. The van der Waals surface area contributed by atoms with Crippen molar-refractivity contribution >= 4 is 12.2 Å². The number of carbonyl (C=O) groups excluding carboxylic acids is 2. The molecule has 0 spiro atoms. The number of nitrogens with zero attached hydrogens (tertiary/aromatic N) is 1. The normalized spacial score (nSPS) is 8.30. The maximum absolute atomic E-state index is 10.4. The standard InChI is InChI=1S/C4H8N2O4/c1-9-3(7)6(5)4(8)10-2/h5H2,1-2H3. The first-order valence-corrected chi connectivity index (χ1v) is 2.34. The average Bonchev–Trinajstić information content (AvgIpc) is 2.00. The third-order valence-corrected chi connectivity index (χ3v) is 0.743. The van der Waals surface area contributed by atoms with Gasteiger partial charge in [-0.05, 0) is 0 Å². The Hall–Kier alpha value is -1.30. The van der Waals surface area contributed by atoms with Crippen LogP contribution in [-0.2, 0) is 9.47 Å². The zero-order valence-corrected chi connectivity index (χ0v) is 5.66. The molecule has 2 amide bonds. The lowest BCUT2D eigenvalue weighted by atomic mass is 10.9. The Balaban J connectivity index is 3.94. The van der Waals surface area contributed by atoms with E-state index in [0.717, 1.165) is 14.2 Å². The predicted molar refractivity (Wildman–Crippen MR) is 30.8 cm³/mol. The zero-order chi connectivity index (χ0) is 8.15. The zero-order valence-electron chi connectivity index (χ0n) is 5.66. The number of rotatable bonds is 0. The van der Waals surface area contributed by atoms with Crippen LogP contribution in [0.2, 0.25) is 0 Å². The van der Waals surface area contributed by atoms with Gasteiger partial charge >= 0.3 is 12.2 Å². The maximum Gasteiger partial charge on any atom is 0.433 e. The summed E-state index contributed by atoms with van der Waals surface area (Å²) in [5.74, 6) is 4.87. The number of hydrazine groups is 1. The molecule has 0 aromatic heterocycles. The number of ether oxygens (including phenoxy) is 2. The van der Waals surface area contributed by atoms with E-state index in [-0.39, 0.29) is 5.01 Å². The Labute approximate surface area is 57.5 Å². The van der Waals surface area contributed by atoms with E-state index in [1.807, 2.05) is 0 Å². The van der Waals surface area contributed by atoms with Crippen LogP contribution in [0.5, 0.6) is 0 Å². The van der Waals surface area contributed by atoms with Crippen molar-refractivity contribution in [2.75, 3.05) is 14.2 Å². The van der Waals surface area contributed by atoms with Crippen LogP contribution in [0.1, 0.15) is 0 Å². The summed E-state index contributed by atoms with van der Waals surface area (Å²) in [6.45, 7) is 0. The number of hydrogen-bond donors (Lipinski definition) is 1. The summed E-state index contributed by atoms with van der Waals surface area (Å²) in [5, 5.41) is 0.222. The molecule has 0 saturated heterocycles. The second-order valence-corrected chi connectivity index (χ2v) is 1.31. The molecule has 0 aromatic rings. The summed E-state index contributed by atoms with van der Waals surface area (Å²) in [6, 6.07) is 0. The molecule has 10 heavy (non-hydrogen) atoms. The van der Waals surface area contributed by atoms with Gasteiger partial charge in [0.1, 0.15) is 0 Å². The molecule has 6 nitrogen and oxygen atoms in total. The predicted octanol–water partition coefficient (Wildman–Crippen LogP) is -0.305. The van der Waals surface area contributed by atoms with Crippen molar-refractivity contribution in [1.82, 2.24) is 5.01 Å². The molecular weight excluding hydrogens is 140 g/mol. The van der Waals surface area contributed by atoms with E-state index in [2.05, 4.69) is 9.47 Å². The van der Waals surface area contributed by atoms with Gasteiger partial charge in [-0.25, -0.2) is 15.4 Å². The van der Waals surface area contributed by atoms with Gasteiger partial charge in [0.05, 0.1) is 14.2 Å². The lowest BCUT2D eigenvalue weighted by molar-refractivity contribution is 0.0987. The largest absolute Gasteiger partial charge is 0.451 e. The minimum absolute atomic E-state index is 0.222. The van der Waals surface area contributed by atoms with Gasteiger partial charge in [-0.15, -0.1) is 5.01 Å². The molecule has 0 saturated carbocycles. The highest BCUT2D eigenvalue weighted by Crippen LogP contribution is 1.87. The molecule has 0 unspecified atom stereocenters. The molecule has 0 aliphatic carbocycles.